The lowest BCUT2D eigenvalue weighted by atomic mass is 10.1. The van der Waals surface area contributed by atoms with Crippen LogP contribution in [0.25, 0.3) is 0 Å². The Hall–Kier alpha value is -3.55. The molecule has 228 valence electrons. The van der Waals surface area contributed by atoms with Gasteiger partial charge in [-0.3, -0.25) is 14.4 Å². The number of alkyl halides is 7. The van der Waals surface area contributed by atoms with Crippen molar-refractivity contribution >= 4 is 69.6 Å². The van der Waals surface area contributed by atoms with Crippen molar-refractivity contribution in [1.82, 2.24) is 0 Å². The van der Waals surface area contributed by atoms with E-state index in [1.807, 2.05) is 0 Å². The molecule has 1 unspecified atom stereocenters. The van der Waals surface area contributed by atoms with Gasteiger partial charge in [0.15, 0.2) is 11.6 Å². The van der Waals surface area contributed by atoms with Crippen molar-refractivity contribution in [2.24, 2.45) is 5.92 Å². The van der Waals surface area contributed by atoms with E-state index in [0.717, 1.165) is 31.2 Å². The zero-order valence-electron chi connectivity index (χ0n) is 21.4. The summed E-state index contributed by atoms with van der Waals surface area (Å²) in [7, 11) is 0. The van der Waals surface area contributed by atoms with Crippen LogP contribution in [0.15, 0.2) is 48.5 Å². The number of hydrogen-bond donors (Lipinski definition) is 3. The first-order chi connectivity index (χ1) is 19.9. The second-order valence-electron chi connectivity index (χ2n) is 9.41. The Labute approximate surface area is 253 Å². The van der Waals surface area contributed by atoms with E-state index in [1.54, 1.807) is 5.32 Å². The summed E-state index contributed by atoms with van der Waals surface area (Å²) in [6, 6.07) is 8.33. The molecule has 43 heavy (non-hydrogen) atoms. The van der Waals surface area contributed by atoms with E-state index >= 15 is 0 Å². The quantitative estimate of drug-likeness (QED) is 0.176. The fraction of sp³-hybridized carbons (Fsp3) is 0.222. The molecule has 1 fully saturated rings. The fourth-order valence-corrected chi connectivity index (χ4v) is 5.33. The second kappa shape index (κ2) is 11.9. The van der Waals surface area contributed by atoms with E-state index in [4.69, 9.17) is 34.8 Å². The standard InChI is InChI=1S/C27H17Cl3F7N3O3/c1-10-20(31)16(9-17(21(10)32)40-25(43)22(33)34)39-23(41)14-8-13(5-6-15(14)28)38-24(42)19-18(26(19,29)30)11-3-2-4-12(7-11)27(35,36)37/h2-9,18-19,22H,1H3,(H,38,42)(H,39,41)(H,40,43)/t18?,19-/m1/s1. The molecule has 0 aliphatic heterocycles. The lowest BCUT2D eigenvalue weighted by Gasteiger charge is -2.14. The van der Waals surface area contributed by atoms with E-state index in [0.29, 0.717) is 6.07 Å². The number of halogens is 10. The van der Waals surface area contributed by atoms with Crippen molar-refractivity contribution in [2.75, 3.05) is 16.0 Å². The highest BCUT2D eigenvalue weighted by atomic mass is 35.5. The molecule has 1 aliphatic rings. The topological polar surface area (TPSA) is 87.3 Å². The fourth-order valence-electron chi connectivity index (χ4n) is 4.30. The molecule has 3 amide bonds. The lowest BCUT2D eigenvalue weighted by Crippen LogP contribution is -2.22. The number of nitrogens with one attached hydrogen (secondary N) is 3. The number of carbonyl (C=O) groups is 3. The number of rotatable bonds is 7. The van der Waals surface area contributed by atoms with Crippen molar-refractivity contribution in [2.45, 2.75) is 29.8 Å². The molecular formula is C27H17Cl3F7N3O3. The average Bonchev–Trinajstić information content (AvgIpc) is 3.52. The van der Waals surface area contributed by atoms with Crippen molar-refractivity contribution in [3.63, 3.8) is 0 Å². The minimum Gasteiger partial charge on any atom is -0.326 e. The molecule has 1 saturated carbocycles. The summed E-state index contributed by atoms with van der Waals surface area (Å²) < 4.78 is 92.0. The lowest BCUT2D eigenvalue weighted by molar-refractivity contribution is -0.137. The Kier molecular flexibility index (Phi) is 8.92. The zero-order valence-corrected chi connectivity index (χ0v) is 23.6. The molecule has 16 heteroatoms. The van der Waals surface area contributed by atoms with Crippen LogP contribution in [0.4, 0.5) is 47.8 Å². The van der Waals surface area contributed by atoms with Gasteiger partial charge in [0, 0.05) is 17.2 Å². The Morgan fingerprint density at radius 3 is 2.14 bits per heavy atom. The van der Waals surface area contributed by atoms with E-state index < -0.39 is 80.6 Å². The van der Waals surface area contributed by atoms with E-state index in [2.05, 4.69) is 10.6 Å². The average molecular weight is 671 g/mol. The second-order valence-corrected chi connectivity index (χ2v) is 11.3. The van der Waals surface area contributed by atoms with Crippen molar-refractivity contribution in [3.8, 4) is 0 Å². The van der Waals surface area contributed by atoms with Gasteiger partial charge in [0.1, 0.15) is 4.33 Å². The zero-order chi connectivity index (χ0) is 32.0. The van der Waals surface area contributed by atoms with Crippen molar-refractivity contribution in [1.29, 1.82) is 0 Å². The summed E-state index contributed by atoms with van der Waals surface area (Å²) in [5, 5.41) is 5.96. The van der Waals surface area contributed by atoms with Crippen molar-refractivity contribution in [3.05, 3.63) is 87.4 Å². The maximum atomic E-state index is 14.7. The normalized spacial score (nSPS) is 17.4. The molecule has 3 aromatic rings. The first kappa shape index (κ1) is 32.4. The molecule has 3 aromatic carbocycles. The molecule has 0 spiro atoms. The van der Waals surface area contributed by atoms with Gasteiger partial charge >= 0.3 is 12.6 Å². The van der Waals surface area contributed by atoms with Gasteiger partial charge in [0.25, 0.3) is 11.8 Å². The molecule has 3 N–H and O–H groups in total. The Morgan fingerprint density at radius 1 is 0.907 bits per heavy atom. The van der Waals surface area contributed by atoms with Crippen molar-refractivity contribution < 1.29 is 45.1 Å². The van der Waals surface area contributed by atoms with E-state index in [9.17, 15) is 45.1 Å². The summed E-state index contributed by atoms with van der Waals surface area (Å²) in [5.41, 5.74) is -3.43. The monoisotopic (exact) mass is 669 g/mol. The molecule has 0 radical (unpaired) electrons. The largest absolute Gasteiger partial charge is 0.416 e. The first-order valence-electron chi connectivity index (χ1n) is 12.0. The van der Waals surface area contributed by atoms with Crippen LogP contribution in [0.1, 0.15) is 33.0 Å². The van der Waals surface area contributed by atoms with Crippen LogP contribution in [0.2, 0.25) is 5.02 Å². The highest BCUT2D eigenvalue weighted by molar-refractivity contribution is 6.53. The van der Waals surface area contributed by atoms with E-state index in [-0.39, 0.29) is 21.8 Å². The van der Waals surface area contributed by atoms with Gasteiger partial charge in [-0.1, -0.05) is 29.8 Å². The number of benzene rings is 3. The Balaban J connectivity index is 1.54. The third kappa shape index (κ3) is 6.68. The van der Waals surface area contributed by atoms with Gasteiger partial charge in [-0.15, -0.1) is 23.2 Å². The highest BCUT2D eigenvalue weighted by Crippen LogP contribution is 2.65. The molecule has 1 aliphatic carbocycles. The predicted molar refractivity (Wildman–Crippen MR) is 146 cm³/mol. The molecule has 0 heterocycles. The summed E-state index contributed by atoms with van der Waals surface area (Å²) in [4.78, 5) is 37.3. The van der Waals surface area contributed by atoms with Crippen LogP contribution in [0.5, 0.6) is 0 Å². The molecule has 4 rings (SSSR count). The summed E-state index contributed by atoms with van der Waals surface area (Å²) in [6.45, 7) is 0.944. The third-order valence-corrected chi connectivity index (χ3v) is 7.78. The van der Waals surface area contributed by atoms with Gasteiger partial charge in [0.05, 0.1) is 33.4 Å². The van der Waals surface area contributed by atoms with Crippen LogP contribution in [-0.2, 0) is 15.8 Å². The molecule has 0 aromatic heterocycles. The van der Waals surface area contributed by atoms with Gasteiger partial charge in [-0.05, 0) is 42.8 Å². The van der Waals surface area contributed by atoms with Gasteiger partial charge < -0.3 is 16.0 Å². The molecule has 6 nitrogen and oxygen atoms in total. The predicted octanol–water partition coefficient (Wildman–Crippen LogP) is 7.93. The molecule has 0 bridgehead atoms. The minimum atomic E-state index is -4.64. The molecule has 2 atom stereocenters. The SMILES string of the molecule is Cc1c(F)c(NC(=O)c2cc(NC(=O)[C@H]3C(c4cccc(C(F)(F)F)c4)C3(Cl)Cl)ccc2Cl)cc(NC(=O)C(F)F)c1F. The molecule has 0 saturated heterocycles. The first-order valence-corrected chi connectivity index (χ1v) is 13.1. The number of anilines is 3. The smallest absolute Gasteiger partial charge is 0.326 e. The number of amides is 3. The summed E-state index contributed by atoms with van der Waals surface area (Å²) in [5.74, 6) is -8.50. The van der Waals surface area contributed by atoms with Crippen LogP contribution in [-0.4, -0.2) is 28.5 Å². The van der Waals surface area contributed by atoms with Crippen LogP contribution < -0.4 is 16.0 Å². The van der Waals surface area contributed by atoms with Gasteiger partial charge in [-0.25, -0.2) is 8.78 Å². The Bertz CT molecular complexity index is 1630. The van der Waals surface area contributed by atoms with Crippen LogP contribution >= 0.6 is 34.8 Å². The summed E-state index contributed by atoms with van der Waals surface area (Å²) >= 11 is 18.6. The maximum absolute atomic E-state index is 14.7. The van der Waals surface area contributed by atoms with Gasteiger partial charge in [-0.2, -0.15) is 22.0 Å². The third-order valence-electron chi connectivity index (χ3n) is 6.51. The maximum Gasteiger partial charge on any atom is 0.416 e. The number of hydrogen-bond acceptors (Lipinski definition) is 3. The van der Waals surface area contributed by atoms with Crippen LogP contribution in [0, 0.1) is 24.5 Å². The Morgan fingerprint density at radius 2 is 1.53 bits per heavy atom. The summed E-state index contributed by atoms with van der Waals surface area (Å²) in [6.07, 6.45) is -8.14. The van der Waals surface area contributed by atoms with Gasteiger partial charge in [0.2, 0.25) is 5.91 Å². The van der Waals surface area contributed by atoms with Crippen LogP contribution in [0.3, 0.4) is 0 Å². The molecular weight excluding hydrogens is 654 g/mol. The minimum absolute atomic E-state index is 0.0287. The highest BCUT2D eigenvalue weighted by Gasteiger charge is 2.67. The number of carbonyl (C=O) groups excluding carboxylic acids is 3. The van der Waals surface area contributed by atoms with E-state index in [1.165, 1.54) is 18.2 Å².